The highest BCUT2D eigenvalue weighted by Crippen LogP contribution is 2.34. The highest BCUT2D eigenvalue weighted by atomic mass is 32.2. The predicted molar refractivity (Wildman–Crippen MR) is 125 cm³/mol. The number of amides is 2. The Morgan fingerprint density at radius 3 is 2.55 bits per heavy atom. The van der Waals surface area contributed by atoms with Gasteiger partial charge in [-0.1, -0.05) is 24.6 Å². The van der Waals surface area contributed by atoms with Crippen molar-refractivity contribution in [2.45, 2.75) is 50.7 Å². The van der Waals surface area contributed by atoms with Crippen molar-refractivity contribution in [3.63, 3.8) is 0 Å². The molecule has 1 aliphatic carbocycles. The standard InChI is InChI=1S/C22H24N4O3S2/c1-12-13(2)31-20-18(12)21(29)26(16-5-3-4-6-16)22(25-20)30-11-17(27)24-15-9-7-14(8-10-15)19(23)28/h7-10,16H,3-6,11H2,1-2H3,(H2,23,28)(H,24,27). The number of thioether (sulfide) groups is 1. The molecule has 162 valence electrons. The SMILES string of the molecule is Cc1sc2nc(SCC(=O)Nc3ccc(C(N)=O)cc3)n(C3CCCC3)c(=O)c2c1C. The van der Waals surface area contributed by atoms with Crippen LogP contribution >= 0.6 is 23.1 Å². The number of thiophene rings is 1. The second-order valence-corrected chi connectivity index (χ2v) is 9.90. The fourth-order valence-electron chi connectivity index (χ4n) is 3.92. The van der Waals surface area contributed by atoms with Crippen molar-refractivity contribution < 1.29 is 9.59 Å². The van der Waals surface area contributed by atoms with Crippen molar-refractivity contribution in [3.8, 4) is 0 Å². The summed E-state index contributed by atoms with van der Waals surface area (Å²) in [6.07, 6.45) is 4.12. The first-order valence-electron chi connectivity index (χ1n) is 10.2. The number of aromatic nitrogens is 2. The first-order valence-corrected chi connectivity index (χ1v) is 12.0. The van der Waals surface area contributed by atoms with E-state index in [2.05, 4.69) is 5.32 Å². The van der Waals surface area contributed by atoms with Gasteiger partial charge in [0.25, 0.3) is 5.56 Å². The lowest BCUT2D eigenvalue weighted by molar-refractivity contribution is -0.113. The summed E-state index contributed by atoms with van der Waals surface area (Å²) in [7, 11) is 0. The second kappa shape index (κ2) is 8.84. The van der Waals surface area contributed by atoms with Crippen LogP contribution in [0.25, 0.3) is 10.2 Å². The first-order chi connectivity index (χ1) is 14.8. The summed E-state index contributed by atoms with van der Waals surface area (Å²) in [4.78, 5) is 43.7. The minimum atomic E-state index is -0.515. The number of carbonyl (C=O) groups is 2. The summed E-state index contributed by atoms with van der Waals surface area (Å²) in [5, 5.41) is 4.12. The topological polar surface area (TPSA) is 107 Å². The largest absolute Gasteiger partial charge is 0.366 e. The molecule has 31 heavy (non-hydrogen) atoms. The van der Waals surface area contributed by atoms with Gasteiger partial charge in [-0.15, -0.1) is 11.3 Å². The summed E-state index contributed by atoms with van der Waals surface area (Å²) in [6.45, 7) is 3.98. The van der Waals surface area contributed by atoms with E-state index < -0.39 is 5.91 Å². The maximum atomic E-state index is 13.4. The van der Waals surface area contributed by atoms with Gasteiger partial charge in [-0.25, -0.2) is 4.98 Å². The fourth-order valence-corrected chi connectivity index (χ4v) is 5.86. The van der Waals surface area contributed by atoms with E-state index in [-0.39, 0.29) is 23.3 Å². The van der Waals surface area contributed by atoms with E-state index in [0.29, 0.717) is 21.8 Å². The van der Waals surface area contributed by atoms with Crippen LogP contribution in [0.2, 0.25) is 0 Å². The number of benzene rings is 1. The molecule has 2 aromatic heterocycles. The van der Waals surface area contributed by atoms with Crippen molar-refractivity contribution in [2.75, 3.05) is 11.1 Å². The third-order valence-corrected chi connectivity index (χ3v) is 7.73. The molecule has 3 N–H and O–H groups in total. The lowest BCUT2D eigenvalue weighted by Gasteiger charge is -2.18. The van der Waals surface area contributed by atoms with Crippen LogP contribution in [0.5, 0.6) is 0 Å². The first kappa shape index (κ1) is 21.6. The Morgan fingerprint density at radius 1 is 1.23 bits per heavy atom. The van der Waals surface area contributed by atoms with Crippen LogP contribution in [0.3, 0.4) is 0 Å². The van der Waals surface area contributed by atoms with Crippen LogP contribution in [-0.4, -0.2) is 27.1 Å². The molecular formula is C22H24N4O3S2. The molecule has 2 heterocycles. The molecular weight excluding hydrogens is 432 g/mol. The van der Waals surface area contributed by atoms with Gasteiger partial charge in [0, 0.05) is 22.2 Å². The zero-order valence-corrected chi connectivity index (χ0v) is 19.1. The molecule has 0 radical (unpaired) electrons. The second-order valence-electron chi connectivity index (χ2n) is 7.75. The van der Waals surface area contributed by atoms with Crippen LogP contribution in [-0.2, 0) is 4.79 Å². The fraction of sp³-hybridized carbons (Fsp3) is 0.364. The molecule has 2 amide bonds. The molecule has 0 spiro atoms. The van der Waals surface area contributed by atoms with E-state index in [1.165, 1.54) is 23.1 Å². The minimum Gasteiger partial charge on any atom is -0.366 e. The average molecular weight is 457 g/mol. The zero-order chi connectivity index (χ0) is 22.1. The Morgan fingerprint density at radius 2 is 1.90 bits per heavy atom. The number of nitrogens with one attached hydrogen (secondary N) is 1. The lowest BCUT2D eigenvalue weighted by Crippen LogP contribution is -2.27. The number of primary amides is 1. The molecule has 1 aliphatic rings. The van der Waals surface area contributed by atoms with Gasteiger partial charge in [-0.2, -0.15) is 0 Å². The maximum absolute atomic E-state index is 13.4. The number of nitrogens with two attached hydrogens (primary N) is 1. The molecule has 7 nitrogen and oxygen atoms in total. The highest BCUT2D eigenvalue weighted by Gasteiger charge is 2.25. The van der Waals surface area contributed by atoms with Crippen molar-refractivity contribution in [2.24, 2.45) is 5.73 Å². The van der Waals surface area contributed by atoms with Gasteiger partial charge in [-0.3, -0.25) is 19.0 Å². The van der Waals surface area contributed by atoms with Gasteiger partial charge in [-0.05, 0) is 56.5 Å². The van der Waals surface area contributed by atoms with Crippen LogP contribution in [0.4, 0.5) is 5.69 Å². The average Bonchev–Trinajstić information content (AvgIpc) is 3.35. The number of nitrogens with zero attached hydrogens (tertiary/aromatic N) is 2. The molecule has 0 saturated heterocycles. The molecule has 4 rings (SSSR count). The minimum absolute atomic E-state index is 0.00342. The number of aryl methyl sites for hydroxylation is 2. The third kappa shape index (κ3) is 4.38. The molecule has 1 aromatic carbocycles. The smallest absolute Gasteiger partial charge is 0.263 e. The number of fused-ring (bicyclic) bond motifs is 1. The quantitative estimate of drug-likeness (QED) is 0.430. The molecule has 1 saturated carbocycles. The zero-order valence-electron chi connectivity index (χ0n) is 17.4. The van der Waals surface area contributed by atoms with E-state index >= 15 is 0 Å². The number of hydrogen-bond acceptors (Lipinski definition) is 6. The van der Waals surface area contributed by atoms with Crippen molar-refractivity contribution in [3.05, 3.63) is 50.6 Å². The summed E-state index contributed by atoms with van der Waals surface area (Å²) in [6, 6.07) is 6.55. The van der Waals surface area contributed by atoms with E-state index in [1.54, 1.807) is 24.3 Å². The predicted octanol–water partition coefficient (Wildman–Crippen LogP) is 4.02. The number of hydrogen-bond donors (Lipinski definition) is 2. The summed E-state index contributed by atoms with van der Waals surface area (Å²) in [5.74, 6) is -0.590. The van der Waals surface area contributed by atoms with Gasteiger partial charge >= 0.3 is 0 Å². The number of anilines is 1. The van der Waals surface area contributed by atoms with Crippen LogP contribution in [0.1, 0.15) is 52.5 Å². The normalized spacial score (nSPS) is 14.3. The Balaban J connectivity index is 1.57. The van der Waals surface area contributed by atoms with E-state index in [9.17, 15) is 14.4 Å². The van der Waals surface area contributed by atoms with Gasteiger partial charge in [0.05, 0.1) is 11.1 Å². The summed E-state index contributed by atoms with van der Waals surface area (Å²) in [5.41, 5.74) is 7.21. The molecule has 1 fully saturated rings. The molecule has 9 heteroatoms. The van der Waals surface area contributed by atoms with E-state index in [4.69, 9.17) is 10.7 Å². The molecule has 3 aromatic rings. The Bertz CT molecular complexity index is 1210. The molecule has 0 atom stereocenters. The Hall–Kier alpha value is -2.65. The molecule has 0 unspecified atom stereocenters. The van der Waals surface area contributed by atoms with Crippen LogP contribution in [0.15, 0.2) is 34.2 Å². The van der Waals surface area contributed by atoms with Gasteiger partial charge in [0.2, 0.25) is 11.8 Å². The molecule has 0 aliphatic heterocycles. The van der Waals surface area contributed by atoms with Gasteiger partial charge in [0.1, 0.15) is 4.83 Å². The summed E-state index contributed by atoms with van der Waals surface area (Å²) >= 11 is 2.81. The van der Waals surface area contributed by atoms with Crippen molar-refractivity contribution in [1.82, 2.24) is 9.55 Å². The van der Waals surface area contributed by atoms with E-state index in [1.807, 2.05) is 18.4 Å². The molecule has 0 bridgehead atoms. The van der Waals surface area contributed by atoms with Gasteiger partial charge in [0.15, 0.2) is 5.16 Å². The van der Waals surface area contributed by atoms with Gasteiger partial charge < -0.3 is 11.1 Å². The Labute approximate surface area is 188 Å². The van der Waals surface area contributed by atoms with Crippen LogP contribution in [0, 0.1) is 13.8 Å². The third-order valence-electron chi connectivity index (χ3n) is 5.68. The Kier molecular flexibility index (Phi) is 6.15. The lowest BCUT2D eigenvalue weighted by atomic mass is 10.2. The number of rotatable bonds is 6. The highest BCUT2D eigenvalue weighted by molar-refractivity contribution is 7.99. The van der Waals surface area contributed by atoms with Crippen LogP contribution < -0.4 is 16.6 Å². The maximum Gasteiger partial charge on any atom is 0.263 e. The van der Waals surface area contributed by atoms with Crippen molar-refractivity contribution >= 4 is 50.8 Å². The van der Waals surface area contributed by atoms with Crippen molar-refractivity contribution in [1.29, 1.82) is 0 Å². The number of carbonyl (C=O) groups excluding carboxylic acids is 2. The summed E-state index contributed by atoms with van der Waals surface area (Å²) < 4.78 is 1.81. The van der Waals surface area contributed by atoms with E-state index in [0.717, 1.165) is 41.0 Å². The monoisotopic (exact) mass is 456 g/mol.